The van der Waals surface area contributed by atoms with Gasteiger partial charge in [0.15, 0.2) is 5.96 Å². The van der Waals surface area contributed by atoms with Crippen molar-refractivity contribution in [3.05, 3.63) is 34.9 Å². The molecule has 1 aromatic rings. The van der Waals surface area contributed by atoms with Crippen LogP contribution in [0.25, 0.3) is 0 Å². The second-order valence-corrected chi connectivity index (χ2v) is 7.02. The molecule has 128 valence electrons. The fourth-order valence-electron chi connectivity index (χ4n) is 3.00. The van der Waals surface area contributed by atoms with Crippen molar-refractivity contribution >= 4 is 17.6 Å². The molecule has 0 bridgehead atoms. The van der Waals surface area contributed by atoms with Crippen LogP contribution in [0.5, 0.6) is 0 Å². The molecule has 1 fully saturated rings. The molecule has 0 amide bonds. The van der Waals surface area contributed by atoms with Crippen molar-refractivity contribution in [3.8, 4) is 0 Å². The molecule has 2 unspecified atom stereocenters. The maximum absolute atomic E-state index is 6.20. The van der Waals surface area contributed by atoms with Crippen molar-refractivity contribution < 1.29 is 0 Å². The fourth-order valence-corrected chi connectivity index (χ4v) is 3.23. The molecule has 4 nitrogen and oxygen atoms in total. The monoisotopic (exact) mass is 336 g/mol. The molecule has 5 heteroatoms. The first-order valence-electron chi connectivity index (χ1n) is 8.46. The van der Waals surface area contributed by atoms with Gasteiger partial charge < -0.3 is 10.6 Å². The Bertz CT molecular complexity index is 530. The van der Waals surface area contributed by atoms with Gasteiger partial charge in [-0.3, -0.25) is 9.89 Å². The van der Waals surface area contributed by atoms with Crippen LogP contribution in [0.15, 0.2) is 29.3 Å². The lowest BCUT2D eigenvalue weighted by Gasteiger charge is -2.22. The van der Waals surface area contributed by atoms with Gasteiger partial charge in [-0.2, -0.15) is 0 Å². The molecule has 1 aromatic carbocycles. The van der Waals surface area contributed by atoms with Gasteiger partial charge in [-0.25, -0.2) is 0 Å². The summed E-state index contributed by atoms with van der Waals surface area (Å²) in [6.07, 6.45) is 0.888. The molecule has 1 heterocycles. The first kappa shape index (κ1) is 18.1. The topological polar surface area (TPSA) is 39.7 Å². The summed E-state index contributed by atoms with van der Waals surface area (Å²) in [5, 5.41) is 7.79. The average Bonchev–Trinajstić information content (AvgIpc) is 2.89. The zero-order chi connectivity index (χ0) is 16.8. The highest BCUT2D eigenvalue weighted by atomic mass is 35.5. The Kier molecular flexibility index (Phi) is 6.72. The molecular formula is C18H29ClN4. The van der Waals surface area contributed by atoms with Gasteiger partial charge in [0, 0.05) is 43.8 Å². The lowest BCUT2D eigenvalue weighted by atomic mass is 10.1. The Balaban J connectivity index is 1.81. The van der Waals surface area contributed by atoms with Gasteiger partial charge in [-0.05, 0) is 37.8 Å². The molecular weight excluding hydrogens is 308 g/mol. The van der Waals surface area contributed by atoms with Crippen LogP contribution in [0.4, 0.5) is 0 Å². The van der Waals surface area contributed by atoms with E-state index in [1.807, 2.05) is 25.2 Å². The number of hydrogen-bond acceptors (Lipinski definition) is 2. The molecule has 1 saturated heterocycles. The Morgan fingerprint density at radius 3 is 2.70 bits per heavy atom. The molecule has 0 aromatic heterocycles. The summed E-state index contributed by atoms with van der Waals surface area (Å²) < 4.78 is 0. The van der Waals surface area contributed by atoms with Gasteiger partial charge in [-0.15, -0.1) is 0 Å². The minimum absolute atomic E-state index is 0.448. The molecule has 0 aliphatic carbocycles. The number of halogens is 1. The standard InChI is InChI=1S/C18H29ClN4/c1-13(2)23-11-14(3)17(12-23)22-18(20-4)21-10-9-15-7-5-6-8-16(15)19/h5-8,13-14,17H,9-12H2,1-4H3,(H2,20,21,22). The molecule has 1 aliphatic heterocycles. The van der Waals surface area contributed by atoms with Gasteiger partial charge in [0.1, 0.15) is 0 Å². The van der Waals surface area contributed by atoms with Crippen molar-refractivity contribution in [1.82, 2.24) is 15.5 Å². The van der Waals surface area contributed by atoms with Gasteiger partial charge in [0.25, 0.3) is 0 Å². The maximum Gasteiger partial charge on any atom is 0.191 e. The minimum atomic E-state index is 0.448. The summed E-state index contributed by atoms with van der Waals surface area (Å²) in [6, 6.07) is 9.03. The van der Waals surface area contributed by atoms with Crippen LogP contribution in [0.3, 0.4) is 0 Å². The smallest absolute Gasteiger partial charge is 0.191 e. The molecule has 1 aliphatic rings. The van der Waals surface area contributed by atoms with Crippen molar-refractivity contribution in [3.63, 3.8) is 0 Å². The van der Waals surface area contributed by atoms with Crippen LogP contribution in [0, 0.1) is 5.92 Å². The third-order valence-corrected chi connectivity index (χ3v) is 4.93. The number of benzene rings is 1. The SMILES string of the molecule is CN=C(NCCc1ccccc1Cl)NC1CN(C(C)C)CC1C. The van der Waals surface area contributed by atoms with Gasteiger partial charge in [-0.1, -0.05) is 36.7 Å². The number of hydrogen-bond donors (Lipinski definition) is 2. The lowest BCUT2D eigenvalue weighted by Crippen LogP contribution is -2.47. The summed E-state index contributed by atoms with van der Waals surface area (Å²) in [5.74, 6) is 1.50. The first-order valence-corrected chi connectivity index (χ1v) is 8.83. The van der Waals surface area contributed by atoms with Crippen LogP contribution >= 0.6 is 11.6 Å². The van der Waals surface area contributed by atoms with E-state index in [0.717, 1.165) is 42.6 Å². The third kappa shape index (κ3) is 5.11. The number of aliphatic imine (C=N–C) groups is 1. The highest BCUT2D eigenvalue weighted by Crippen LogP contribution is 2.18. The second kappa shape index (κ2) is 8.55. The number of nitrogens with zero attached hydrogens (tertiary/aromatic N) is 2. The van der Waals surface area contributed by atoms with Crippen LogP contribution < -0.4 is 10.6 Å². The zero-order valence-electron chi connectivity index (χ0n) is 14.6. The fraction of sp³-hybridized carbons (Fsp3) is 0.611. The van der Waals surface area contributed by atoms with E-state index in [4.69, 9.17) is 11.6 Å². The van der Waals surface area contributed by atoms with Gasteiger partial charge in [0.2, 0.25) is 0 Å². The number of nitrogens with one attached hydrogen (secondary N) is 2. The van der Waals surface area contributed by atoms with E-state index in [-0.39, 0.29) is 0 Å². The van der Waals surface area contributed by atoms with E-state index < -0.39 is 0 Å². The van der Waals surface area contributed by atoms with E-state index in [1.165, 1.54) is 0 Å². The van der Waals surface area contributed by atoms with Crippen LogP contribution in [0.2, 0.25) is 5.02 Å². The first-order chi connectivity index (χ1) is 11.0. The summed E-state index contributed by atoms with van der Waals surface area (Å²) in [4.78, 5) is 6.87. The Morgan fingerprint density at radius 1 is 1.35 bits per heavy atom. The molecule has 2 rings (SSSR count). The zero-order valence-corrected chi connectivity index (χ0v) is 15.4. The molecule has 0 saturated carbocycles. The predicted octanol–water partition coefficient (Wildman–Crippen LogP) is 2.78. The molecule has 0 radical (unpaired) electrons. The second-order valence-electron chi connectivity index (χ2n) is 6.62. The predicted molar refractivity (Wildman–Crippen MR) is 99.3 cm³/mol. The number of guanidine groups is 1. The van der Waals surface area contributed by atoms with E-state index in [0.29, 0.717) is 18.0 Å². The minimum Gasteiger partial charge on any atom is -0.356 e. The van der Waals surface area contributed by atoms with Gasteiger partial charge >= 0.3 is 0 Å². The molecule has 0 spiro atoms. The quantitative estimate of drug-likeness (QED) is 0.641. The van der Waals surface area contributed by atoms with Crippen molar-refractivity contribution in [2.45, 2.75) is 39.3 Å². The van der Waals surface area contributed by atoms with Crippen molar-refractivity contribution in [2.75, 3.05) is 26.7 Å². The molecule has 23 heavy (non-hydrogen) atoms. The third-order valence-electron chi connectivity index (χ3n) is 4.56. The van der Waals surface area contributed by atoms with Gasteiger partial charge in [0.05, 0.1) is 0 Å². The van der Waals surface area contributed by atoms with Crippen molar-refractivity contribution in [2.24, 2.45) is 10.9 Å². The van der Waals surface area contributed by atoms with Crippen molar-refractivity contribution in [1.29, 1.82) is 0 Å². The largest absolute Gasteiger partial charge is 0.356 e. The Hall–Kier alpha value is -1.26. The summed E-state index contributed by atoms with van der Waals surface area (Å²) >= 11 is 6.20. The lowest BCUT2D eigenvalue weighted by molar-refractivity contribution is 0.265. The Labute approximate surface area is 145 Å². The normalized spacial score (nSPS) is 22.6. The number of rotatable bonds is 5. The maximum atomic E-state index is 6.20. The van der Waals surface area contributed by atoms with E-state index in [1.54, 1.807) is 0 Å². The average molecular weight is 337 g/mol. The summed E-state index contributed by atoms with van der Waals surface area (Å²) in [7, 11) is 1.82. The molecule has 2 atom stereocenters. The Morgan fingerprint density at radius 2 is 2.09 bits per heavy atom. The van der Waals surface area contributed by atoms with Crippen LogP contribution in [0.1, 0.15) is 26.3 Å². The highest BCUT2D eigenvalue weighted by molar-refractivity contribution is 6.31. The molecule has 2 N–H and O–H groups in total. The van der Waals surface area contributed by atoms with E-state index in [2.05, 4.69) is 47.4 Å². The highest BCUT2D eigenvalue weighted by Gasteiger charge is 2.31. The summed E-state index contributed by atoms with van der Waals surface area (Å²) in [6.45, 7) is 9.85. The van der Waals surface area contributed by atoms with Crippen LogP contribution in [-0.2, 0) is 6.42 Å². The number of likely N-dealkylation sites (tertiary alicyclic amines) is 1. The van der Waals surface area contributed by atoms with Crippen LogP contribution in [-0.4, -0.2) is 49.6 Å². The van der Waals surface area contributed by atoms with E-state index in [9.17, 15) is 0 Å². The van der Waals surface area contributed by atoms with E-state index >= 15 is 0 Å². The summed E-state index contributed by atoms with van der Waals surface area (Å²) in [5.41, 5.74) is 1.16.